The molecule has 5 rings (SSSR count). The Balaban J connectivity index is 1.51. The van der Waals surface area contributed by atoms with Gasteiger partial charge >= 0.3 is 0 Å². The number of anilines is 2. The van der Waals surface area contributed by atoms with Crippen LogP contribution in [0.4, 0.5) is 11.8 Å². The van der Waals surface area contributed by atoms with Crippen molar-refractivity contribution in [1.29, 1.82) is 0 Å². The standard InChI is InChI=1S/C23H27N8/c1-17(2)30-16-25-20-21(27-23(28-22(20)30)29-12-6-3-7-13-29)24-15-18-9-4-5-10-19(18)31-14-8-11-26-31/h3-5,8-11,14,16-17H,6-7,12-13,15H2,1-2H3,(H,24,27,28). The minimum absolute atomic E-state index is 0.274. The van der Waals surface area contributed by atoms with E-state index < -0.39 is 0 Å². The number of aromatic nitrogens is 6. The molecule has 1 fully saturated rings. The lowest BCUT2D eigenvalue weighted by Gasteiger charge is -2.27. The number of rotatable bonds is 6. The Hall–Kier alpha value is -3.42. The van der Waals surface area contributed by atoms with E-state index >= 15 is 0 Å². The van der Waals surface area contributed by atoms with E-state index in [1.54, 1.807) is 6.20 Å². The molecular formula is C23H27N8. The quantitative estimate of drug-likeness (QED) is 0.513. The molecule has 4 aromatic rings. The van der Waals surface area contributed by atoms with Crippen LogP contribution in [0.3, 0.4) is 0 Å². The molecular weight excluding hydrogens is 388 g/mol. The Labute approximate surface area is 182 Å². The predicted molar refractivity (Wildman–Crippen MR) is 122 cm³/mol. The summed E-state index contributed by atoms with van der Waals surface area (Å²) in [5, 5.41) is 7.92. The smallest absolute Gasteiger partial charge is 0.229 e. The summed E-state index contributed by atoms with van der Waals surface area (Å²) in [4.78, 5) is 16.7. The molecule has 0 bridgehead atoms. The second-order valence-corrected chi connectivity index (χ2v) is 8.08. The van der Waals surface area contributed by atoms with E-state index in [-0.39, 0.29) is 6.04 Å². The van der Waals surface area contributed by atoms with Gasteiger partial charge in [0.1, 0.15) is 0 Å². The highest BCUT2D eigenvalue weighted by atomic mass is 15.3. The van der Waals surface area contributed by atoms with Crippen molar-refractivity contribution in [2.75, 3.05) is 23.3 Å². The molecule has 8 nitrogen and oxygen atoms in total. The molecule has 1 aliphatic rings. The first-order valence-electron chi connectivity index (χ1n) is 10.8. The summed E-state index contributed by atoms with van der Waals surface area (Å²) in [6.07, 6.45) is 10.1. The zero-order valence-electron chi connectivity index (χ0n) is 17.9. The number of piperidine rings is 1. The second kappa shape index (κ2) is 8.37. The van der Waals surface area contributed by atoms with Crippen LogP contribution >= 0.6 is 0 Å². The number of fused-ring (bicyclic) bond motifs is 1. The maximum Gasteiger partial charge on any atom is 0.229 e. The summed E-state index contributed by atoms with van der Waals surface area (Å²) >= 11 is 0. The molecule has 0 atom stereocenters. The van der Waals surface area contributed by atoms with Crippen molar-refractivity contribution in [1.82, 2.24) is 29.3 Å². The van der Waals surface area contributed by atoms with Crippen LogP contribution < -0.4 is 10.2 Å². The summed E-state index contributed by atoms with van der Waals surface area (Å²) in [5.74, 6) is 1.54. The summed E-state index contributed by atoms with van der Waals surface area (Å²) in [5.41, 5.74) is 3.86. The van der Waals surface area contributed by atoms with Crippen molar-refractivity contribution in [3.05, 3.63) is 61.0 Å². The maximum atomic E-state index is 4.90. The van der Waals surface area contributed by atoms with E-state index in [9.17, 15) is 0 Å². The van der Waals surface area contributed by atoms with Gasteiger partial charge in [-0.05, 0) is 50.8 Å². The molecule has 0 spiro atoms. The zero-order chi connectivity index (χ0) is 21.2. The van der Waals surface area contributed by atoms with Gasteiger partial charge in [-0.25, -0.2) is 9.67 Å². The first kappa shape index (κ1) is 19.5. The van der Waals surface area contributed by atoms with Gasteiger partial charge < -0.3 is 14.8 Å². The first-order valence-corrected chi connectivity index (χ1v) is 10.8. The molecule has 0 aliphatic carbocycles. The van der Waals surface area contributed by atoms with E-state index in [0.717, 1.165) is 60.1 Å². The fourth-order valence-corrected chi connectivity index (χ4v) is 3.97. The van der Waals surface area contributed by atoms with Crippen LogP contribution in [-0.2, 0) is 6.54 Å². The Kier molecular flexibility index (Phi) is 5.28. The average Bonchev–Trinajstić information content (AvgIpc) is 3.48. The van der Waals surface area contributed by atoms with Crippen LogP contribution in [-0.4, -0.2) is 42.4 Å². The molecule has 1 N–H and O–H groups in total. The summed E-state index contributed by atoms with van der Waals surface area (Å²) in [7, 11) is 0. The summed E-state index contributed by atoms with van der Waals surface area (Å²) in [6, 6.07) is 10.5. The molecule has 1 aliphatic heterocycles. The normalized spacial score (nSPS) is 14.5. The van der Waals surface area contributed by atoms with E-state index in [1.807, 2.05) is 35.4 Å². The lowest BCUT2D eigenvalue weighted by Crippen LogP contribution is -2.31. The van der Waals surface area contributed by atoms with Crippen molar-refractivity contribution < 1.29 is 0 Å². The lowest BCUT2D eigenvalue weighted by atomic mass is 10.1. The topological polar surface area (TPSA) is 76.7 Å². The predicted octanol–water partition coefficient (Wildman–Crippen LogP) is 4.01. The molecule has 1 saturated heterocycles. The number of hydrogen-bond donors (Lipinski definition) is 1. The van der Waals surface area contributed by atoms with Crippen LogP contribution in [0.1, 0.15) is 38.3 Å². The second-order valence-electron chi connectivity index (χ2n) is 8.08. The number of hydrogen-bond acceptors (Lipinski definition) is 6. The molecule has 3 aromatic heterocycles. The number of benzene rings is 1. The van der Waals surface area contributed by atoms with Crippen LogP contribution in [0.5, 0.6) is 0 Å². The molecule has 1 aromatic carbocycles. The molecule has 0 unspecified atom stereocenters. The highest BCUT2D eigenvalue weighted by Crippen LogP contribution is 2.27. The van der Waals surface area contributed by atoms with Gasteiger partial charge in [0, 0.05) is 38.1 Å². The Morgan fingerprint density at radius 1 is 1.06 bits per heavy atom. The molecule has 4 heterocycles. The van der Waals surface area contributed by atoms with Crippen molar-refractivity contribution in [2.24, 2.45) is 0 Å². The Morgan fingerprint density at radius 3 is 2.68 bits per heavy atom. The van der Waals surface area contributed by atoms with Crippen LogP contribution in [0.15, 0.2) is 49.1 Å². The van der Waals surface area contributed by atoms with Gasteiger partial charge in [0.25, 0.3) is 0 Å². The number of nitrogens with one attached hydrogen (secondary N) is 1. The third kappa shape index (κ3) is 3.85. The van der Waals surface area contributed by atoms with E-state index in [4.69, 9.17) is 9.97 Å². The molecule has 8 heteroatoms. The van der Waals surface area contributed by atoms with Crippen molar-refractivity contribution >= 4 is 22.9 Å². The fourth-order valence-electron chi connectivity index (χ4n) is 3.97. The van der Waals surface area contributed by atoms with Crippen LogP contribution in [0, 0.1) is 6.42 Å². The van der Waals surface area contributed by atoms with Crippen LogP contribution in [0.25, 0.3) is 16.9 Å². The van der Waals surface area contributed by atoms with Gasteiger partial charge in [-0.15, -0.1) is 0 Å². The molecule has 159 valence electrons. The zero-order valence-corrected chi connectivity index (χ0v) is 17.9. The average molecular weight is 416 g/mol. The highest BCUT2D eigenvalue weighted by molar-refractivity contribution is 5.84. The van der Waals surface area contributed by atoms with Gasteiger partial charge in [-0.1, -0.05) is 18.2 Å². The van der Waals surface area contributed by atoms with Gasteiger partial charge in [0.2, 0.25) is 5.95 Å². The molecule has 0 amide bonds. The van der Waals surface area contributed by atoms with Gasteiger partial charge in [-0.2, -0.15) is 15.1 Å². The van der Waals surface area contributed by atoms with Gasteiger partial charge in [-0.3, -0.25) is 0 Å². The van der Waals surface area contributed by atoms with Gasteiger partial charge in [0.05, 0.1) is 12.0 Å². The van der Waals surface area contributed by atoms with Crippen molar-refractivity contribution in [2.45, 2.75) is 39.3 Å². The fraction of sp³-hybridized carbons (Fsp3) is 0.348. The number of para-hydroxylation sites is 1. The first-order chi connectivity index (χ1) is 15.2. The molecule has 0 saturated carbocycles. The largest absolute Gasteiger partial charge is 0.364 e. The van der Waals surface area contributed by atoms with E-state index in [1.165, 1.54) is 0 Å². The van der Waals surface area contributed by atoms with Crippen LogP contribution in [0.2, 0.25) is 0 Å². The number of imidazole rings is 1. The minimum Gasteiger partial charge on any atom is -0.364 e. The molecule has 31 heavy (non-hydrogen) atoms. The Morgan fingerprint density at radius 2 is 1.90 bits per heavy atom. The maximum absolute atomic E-state index is 4.90. The third-order valence-corrected chi connectivity index (χ3v) is 5.64. The number of nitrogens with zero attached hydrogens (tertiary/aromatic N) is 7. The Bertz CT molecular complexity index is 1160. The minimum atomic E-state index is 0.274. The summed E-state index contributed by atoms with van der Waals surface area (Å²) < 4.78 is 4.00. The third-order valence-electron chi connectivity index (χ3n) is 5.64. The van der Waals surface area contributed by atoms with E-state index in [0.29, 0.717) is 6.54 Å². The SMILES string of the molecule is CC(C)n1cnc2c(NCc3ccccc3-n3cccn3)nc(N3CC[CH]CC3)nc21. The monoisotopic (exact) mass is 415 g/mol. The van der Waals surface area contributed by atoms with Crippen molar-refractivity contribution in [3.8, 4) is 5.69 Å². The molecule has 1 radical (unpaired) electrons. The van der Waals surface area contributed by atoms with E-state index in [2.05, 4.69) is 57.3 Å². The van der Waals surface area contributed by atoms with Crippen molar-refractivity contribution in [3.63, 3.8) is 0 Å². The lowest BCUT2D eigenvalue weighted by molar-refractivity contribution is 0.610. The summed E-state index contributed by atoms with van der Waals surface area (Å²) in [6.45, 7) is 6.80. The van der Waals surface area contributed by atoms with Gasteiger partial charge in [0.15, 0.2) is 17.0 Å². The highest BCUT2D eigenvalue weighted by Gasteiger charge is 2.20.